The number of amides is 1. The molecule has 0 aromatic heterocycles. The summed E-state index contributed by atoms with van der Waals surface area (Å²) in [5.41, 5.74) is 3.63. The highest BCUT2D eigenvalue weighted by Crippen LogP contribution is 2.18. The van der Waals surface area contributed by atoms with Crippen LogP contribution in [0.3, 0.4) is 0 Å². The molecule has 0 aliphatic rings. The van der Waals surface area contributed by atoms with Crippen molar-refractivity contribution in [3.8, 4) is 0 Å². The van der Waals surface area contributed by atoms with Crippen LogP contribution in [-0.4, -0.2) is 19.5 Å². The summed E-state index contributed by atoms with van der Waals surface area (Å²) in [6.07, 6.45) is 1.38. The highest BCUT2D eigenvalue weighted by molar-refractivity contribution is 5.76. The molecule has 3 nitrogen and oxygen atoms in total. The molecule has 0 spiro atoms. The Bertz CT molecular complexity index is 552. The standard InChI is InChI=1S/C17H20N2O/c1-18-17(20)11-12-19-16-10-6-5-9-15(16)13-14-7-3-2-4-8-14/h2-10,19H,11-13H2,1H3,(H,18,20). The number of benzene rings is 2. The van der Waals surface area contributed by atoms with E-state index in [0.717, 1.165) is 12.1 Å². The summed E-state index contributed by atoms with van der Waals surface area (Å²) >= 11 is 0. The molecule has 2 N–H and O–H groups in total. The van der Waals surface area contributed by atoms with Crippen molar-refractivity contribution in [2.75, 3.05) is 18.9 Å². The molecule has 0 saturated carbocycles. The van der Waals surface area contributed by atoms with Gasteiger partial charge in [-0.15, -0.1) is 0 Å². The van der Waals surface area contributed by atoms with Gasteiger partial charge in [-0.1, -0.05) is 48.5 Å². The van der Waals surface area contributed by atoms with Gasteiger partial charge in [-0.3, -0.25) is 4.79 Å². The molecule has 0 aliphatic carbocycles. The monoisotopic (exact) mass is 268 g/mol. The molecule has 2 aromatic carbocycles. The molecular formula is C17H20N2O. The second-order valence-electron chi connectivity index (χ2n) is 4.67. The Hall–Kier alpha value is -2.29. The molecule has 2 aromatic rings. The largest absolute Gasteiger partial charge is 0.384 e. The summed E-state index contributed by atoms with van der Waals surface area (Å²) in [4.78, 5) is 11.2. The fourth-order valence-corrected chi connectivity index (χ4v) is 2.10. The zero-order chi connectivity index (χ0) is 14.2. The Labute approximate surface area is 120 Å². The number of anilines is 1. The summed E-state index contributed by atoms with van der Waals surface area (Å²) in [5.74, 6) is 0.0537. The summed E-state index contributed by atoms with van der Waals surface area (Å²) in [6, 6.07) is 18.6. The summed E-state index contributed by atoms with van der Waals surface area (Å²) in [6.45, 7) is 0.644. The summed E-state index contributed by atoms with van der Waals surface area (Å²) in [5, 5.41) is 5.96. The van der Waals surface area contributed by atoms with Crippen LogP contribution in [-0.2, 0) is 11.2 Å². The van der Waals surface area contributed by atoms with Crippen molar-refractivity contribution in [3.05, 3.63) is 65.7 Å². The van der Waals surface area contributed by atoms with Crippen LogP contribution in [0, 0.1) is 0 Å². The number of rotatable bonds is 6. The number of hydrogen-bond donors (Lipinski definition) is 2. The topological polar surface area (TPSA) is 41.1 Å². The Morgan fingerprint density at radius 3 is 2.45 bits per heavy atom. The predicted molar refractivity (Wildman–Crippen MR) is 82.9 cm³/mol. The molecule has 0 fully saturated rings. The minimum Gasteiger partial charge on any atom is -0.384 e. The van der Waals surface area contributed by atoms with E-state index in [4.69, 9.17) is 0 Å². The lowest BCUT2D eigenvalue weighted by atomic mass is 10.0. The fourth-order valence-electron chi connectivity index (χ4n) is 2.10. The average molecular weight is 268 g/mol. The van der Waals surface area contributed by atoms with Gasteiger partial charge in [0.15, 0.2) is 0 Å². The molecule has 0 bridgehead atoms. The number of hydrogen-bond acceptors (Lipinski definition) is 2. The number of carbonyl (C=O) groups excluding carboxylic acids is 1. The molecule has 2 rings (SSSR count). The third kappa shape index (κ3) is 4.12. The van der Waals surface area contributed by atoms with Crippen molar-refractivity contribution < 1.29 is 4.79 Å². The quantitative estimate of drug-likeness (QED) is 0.846. The molecule has 0 aliphatic heterocycles. The van der Waals surface area contributed by atoms with E-state index in [1.165, 1.54) is 11.1 Å². The summed E-state index contributed by atoms with van der Waals surface area (Å²) in [7, 11) is 1.66. The third-order valence-corrected chi connectivity index (χ3v) is 3.20. The van der Waals surface area contributed by atoms with E-state index in [1.807, 2.05) is 18.2 Å². The first-order valence-corrected chi connectivity index (χ1v) is 6.86. The van der Waals surface area contributed by atoms with Crippen LogP contribution in [0.5, 0.6) is 0 Å². The maximum Gasteiger partial charge on any atom is 0.221 e. The Morgan fingerprint density at radius 2 is 1.70 bits per heavy atom. The number of para-hydroxylation sites is 1. The van der Waals surface area contributed by atoms with Gasteiger partial charge in [0.05, 0.1) is 0 Å². The van der Waals surface area contributed by atoms with Crippen LogP contribution in [0.1, 0.15) is 17.5 Å². The molecule has 20 heavy (non-hydrogen) atoms. The van der Waals surface area contributed by atoms with E-state index < -0.39 is 0 Å². The van der Waals surface area contributed by atoms with Crippen LogP contribution in [0.15, 0.2) is 54.6 Å². The van der Waals surface area contributed by atoms with Crippen LogP contribution < -0.4 is 10.6 Å². The maximum absolute atomic E-state index is 11.2. The summed E-state index contributed by atoms with van der Waals surface area (Å²) < 4.78 is 0. The van der Waals surface area contributed by atoms with Crippen molar-refractivity contribution in [2.45, 2.75) is 12.8 Å². The second kappa shape index (κ2) is 7.34. The molecular weight excluding hydrogens is 248 g/mol. The predicted octanol–water partition coefficient (Wildman–Crippen LogP) is 2.83. The first-order chi connectivity index (χ1) is 9.79. The van der Waals surface area contributed by atoms with Crippen LogP contribution >= 0.6 is 0 Å². The van der Waals surface area contributed by atoms with Crippen LogP contribution in [0.25, 0.3) is 0 Å². The van der Waals surface area contributed by atoms with Gasteiger partial charge in [-0.05, 0) is 23.6 Å². The van der Waals surface area contributed by atoms with Gasteiger partial charge in [0.2, 0.25) is 5.91 Å². The maximum atomic E-state index is 11.2. The van der Waals surface area contributed by atoms with Gasteiger partial charge < -0.3 is 10.6 Å². The van der Waals surface area contributed by atoms with Crippen LogP contribution in [0.2, 0.25) is 0 Å². The molecule has 104 valence electrons. The van der Waals surface area contributed by atoms with E-state index in [1.54, 1.807) is 7.05 Å². The van der Waals surface area contributed by atoms with Gasteiger partial charge >= 0.3 is 0 Å². The van der Waals surface area contributed by atoms with Crippen molar-refractivity contribution in [3.63, 3.8) is 0 Å². The van der Waals surface area contributed by atoms with Crippen molar-refractivity contribution in [1.82, 2.24) is 5.32 Å². The molecule has 0 saturated heterocycles. The molecule has 0 radical (unpaired) electrons. The Morgan fingerprint density at radius 1 is 1.00 bits per heavy atom. The van der Waals surface area contributed by atoms with Gasteiger partial charge in [0.25, 0.3) is 0 Å². The lowest BCUT2D eigenvalue weighted by Crippen LogP contribution is -2.21. The Balaban J connectivity index is 2.01. The van der Waals surface area contributed by atoms with Crippen LogP contribution in [0.4, 0.5) is 5.69 Å². The van der Waals surface area contributed by atoms with E-state index in [2.05, 4.69) is 47.0 Å². The minimum absolute atomic E-state index is 0.0537. The molecule has 0 atom stereocenters. The SMILES string of the molecule is CNC(=O)CCNc1ccccc1Cc1ccccc1. The molecule has 0 unspecified atom stereocenters. The minimum atomic E-state index is 0.0537. The van der Waals surface area contributed by atoms with E-state index in [9.17, 15) is 4.79 Å². The van der Waals surface area contributed by atoms with Gasteiger partial charge in [0.1, 0.15) is 0 Å². The smallest absolute Gasteiger partial charge is 0.221 e. The van der Waals surface area contributed by atoms with Crippen molar-refractivity contribution in [2.24, 2.45) is 0 Å². The Kier molecular flexibility index (Phi) is 5.18. The van der Waals surface area contributed by atoms with Crippen molar-refractivity contribution in [1.29, 1.82) is 0 Å². The number of carbonyl (C=O) groups is 1. The average Bonchev–Trinajstić information content (AvgIpc) is 2.50. The van der Waals surface area contributed by atoms with Crippen molar-refractivity contribution >= 4 is 11.6 Å². The highest BCUT2D eigenvalue weighted by Gasteiger charge is 2.03. The fraction of sp³-hybridized carbons (Fsp3) is 0.235. The lowest BCUT2D eigenvalue weighted by Gasteiger charge is -2.12. The van der Waals surface area contributed by atoms with E-state index in [0.29, 0.717) is 13.0 Å². The normalized spacial score (nSPS) is 10.1. The molecule has 1 amide bonds. The third-order valence-electron chi connectivity index (χ3n) is 3.20. The number of nitrogens with one attached hydrogen (secondary N) is 2. The zero-order valence-electron chi connectivity index (χ0n) is 11.7. The molecule has 0 heterocycles. The van der Waals surface area contributed by atoms with Gasteiger partial charge in [-0.2, -0.15) is 0 Å². The van der Waals surface area contributed by atoms with E-state index in [-0.39, 0.29) is 5.91 Å². The first kappa shape index (κ1) is 14.1. The zero-order valence-corrected chi connectivity index (χ0v) is 11.7. The second-order valence-corrected chi connectivity index (χ2v) is 4.67. The first-order valence-electron chi connectivity index (χ1n) is 6.86. The van der Waals surface area contributed by atoms with Gasteiger partial charge in [0, 0.05) is 25.7 Å². The molecule has 3 heteroatoms. The lowest BCUT2D eigenvalue weighted by molar-refractivity contribution is -0.120. The highest BCUT2D eigenvalue weighted by atomic mass is 16.1. The van der Waals surface area contributed by atoms with Gasteiger partial charge in [-0.25, -0.2) is 0 Å². The van der Waals surface area contributed by atoms with E-state index >= 15 is 0 Å².